The lowest BCUT2D eigenvalue weighted by molar-refractivity contribution is 0.0962. The summed E-state index contributed by atoms with van der Waals surface area (Å²) < 4.78 is 2.04. The molecule has 23 heavy (non-hydrogen) atoms. The van der Waals surface area contributed by atoms with E-state index in [0.717, 1.165) is 41.9 Å². The smallest absolute Gasteiger partial charge is 0.251 e. The quantitative estimate of drug-likeness (QED) is 0.875. The molecule has 122 valence electrons. The van der Waals surface area contributed by atoms with Crippen LogP contribution >= 0.6 is 11.8 Å². The Balaban J connectivity index is 1.78. The number of aromatic nitrogens is 4. The highest BCUT2D eigenvalue weighted by atomic mass is 32.2. The Bertz CT molecular complexity index is 695. The molecule has 1 aliphatic rings. The summed E-state index contributed by atoms with van der Waals surface area (Å²) in [4.78, 5) is 16.0. The van der Waals surface area contributed by atoms with E-state index in [9.17, 15) is 4.79 Å². The van der Waals surface area contributed by atoms with Crippen molar-refractivity contribution in [1.82, 2.24) is 30.4 Å². The number of nitrogens with zero attached hydrogens (tertiary/aromatic N) is 4. The number of nitrogens with one attached hydrogen (secondary N) is 2. The van der Waals surface area contributed by atoms with Crippen molar-refractivity contribution >= 4 is 17.7 Å². The van der Waals surface area contributed by atoms with Crippen molar-refractivity contribution in [2.45, 2.75) is 28.9 Å². The molecule has 2 aromatic heterocycles. The number of amides is 1. The van der Waals surface area contributed by atoms with Gasteiger partial charge in [0.2, 0.25) is 0 Å². The number of carbonyl (C=O) groups excluding carboxylic acids is 1. The molecule has 0 saturated carbocycles. The van der Waals surface area contributed by atoms with Gasteiger partial charge < -0.3 is 15.2 Å². The Kier molecular flexibility index (Phi) is 4.92. The Morgan fingerprint density at radius 3 is 2.91 bits per heavy atom. The van der Waals surface area contributed by atoms with Gasteiger partial charge in [0, 0.05) is 31.8 Å². The average molecular weight is 332 g/mol. The Labute approximate surface area is 139 Å². The van der Waals surface area contributed by atoms with Crippen LogP contribution in [0.2, 0.25) is 0 Å². The summed E-state index contributed by atoms with van der Waals surface area (Å²) in [7, 11) is 3.60. The lowest BCUT2D eigenvalue weighted by atomic mass is 9.97. The Morgan fingerprint density at radius 2 is 2.17 bits per heavy atom. The first-order chi connectivity index (χ1) is 11.2. The highest BCUT2D eigenvalue weighted by molar-refractivity contribution is 7.99. The van der Waals surface area contributed by atoms with E-state index in [1.54, 1.807) is 25.4 Å². The van der Waals surface area contributed by atoms with Crippen molar-refractivity contribution in [1.29, 1.82) is 0 Å². The van der Waals surface area contributed by atoms with Crippen LogP contribution in [-0.4, -0.2) is 45.8 Å². The van der Waals surface area contributed by atoms with Gasteiger partial charge in [-0.05, 0) is 49.8 Å². The molecule has 0 bridgehead atoms. The van der Waals surface area contributed by atoms with Crippen molar-refractivity contribution in [3.05, 3.63) is 29.7 Å². The van der Waals surface area contributed by atoms with Crippen molar-refractivity contribution < 1.29 is 4.79 Å². The van der Waals surface area contributed by atoms with Gasteiger partial charge in [0.15, 0.2) is 5.16 Å². The molecule has 0 atom stereocenters. The molecule has 0 aliphatic carbocycles. The molecule has 0 unspecified atom stereocenters. The van der Waals surface area contributed by atoms with Crippen LogP contribution in [0.5, 0.6) is 0 Å². The molecule has 8 heteroatoms. The zero-order valence-corrected chi connectivity index (χ0v) is 14.1. The van der Waals surface area contributed by atoms with E-state index in [4.69, 9.17) is 0 Å². The predicted molar refractivity (Wildman–Crippen MR) is 87.6 cm³/mol. The first-order valence-electron chi connectivity index (χ1n) is 7.65. The van der Waals surface area contributed by atoms with E-state index in [-0.39, 0.29) is 5.91 Å². The highest BCUT2D eigenvalue weighted by Crippen LogP contribution is 2.29. The highest BCUT2D eigenvalue weighted by Gasteiger charge is 2.22. The third-order valence-corrected chi connectivity index (χ3v) is 4.96. The maximum Gasteiger partial charge on any atom is 0.251 e. The topological polar surface area (TPSA) is 84.7 Å². The van der Waals surface area contributed by atoms with Crippen LogP contribution in [0.4, 0.5) is 0 Å². The number of carbonyl (C=O) groups is 1. The van der Waals surface area contributed by atoms with E-state index in [1.165, 1.54) is 11.8 Å². The zero-order valence-electron chi connectivity index (χ0n) is 13.2. The lowest BCUT2D eigenvalue weighted by Gasteiger charge is -2.21. The van der Waals surface area contributed by atoms with Crippen LogP contribution in [0.3, 0.4) is 0 Å². The number of hydrogen-bond donors (Lipinski definition) is 2. The normalized spacial score (nSPS) is 15.6. The Hall–Kier alpha value is -1.93. The maximum atomic E-state index is 11.7. The SMILES string of the molecule is CNC(=O)c1ccnc(Sc2nnc(C3CCNCC3)n2C)c1. The summed E-state index contributed by atoms with van der Waals surface area (Å²) in [5.41, 5.74) is 0.589. The maximum absolute atomic E-state index is 11.7. The van der Waals surface area contributed by atoms with Crippen LogP contribution in [-0.2, 0) is 7.05 Å². The molecule has 1 amide bonds. The average Bonchev–Trinajstić information content (AvgIpc) is 2.96. The number of piperidine rings is 1. The molecule has 0 spiro atoms. The second-order valence-electron chi connectivity index (χ2n) is 5.49. The molecule has 2 aromatic rings. The minimum atomic E-state index is -0.123. The number of hydrogen-bond acceptors (Lipinski definition) is 6. The Morgan fingerprint density at radius 1 is 1.39 bits per heavy atom. The van der Waals surface area contributed by atoms with Gasteiger partial charge in [-0.15, -0.1) is 10.2 Å². The molecule has 3 heterocycles. The van der Waals surface area contributed by atoms with E-state index < -0.39 is 0 Å². The standard InChI is InChI=1S/C15H20N6OS/c1-16-14(22)11-5-8-18-12(9-11)23-15-20-19-13(21(15)2)10-3-6-17-7-4-10/h5,8-10,17H,3-4,6-7H2,1-2H3,(H,16,22). The van der Waals surface area contributed by atoms with Crippen LogP contribution < -0.4 is 10.6 Å². The first-order valence-corrected chi connectivity index (χ1v) is 8.46. The van der Waals surface area contributed by atoms with Crippen molar-refractivity contribution in [3.63, 3.8) is 0 Å². The zero-order chi connectivity index (χ0) is 16.2. The monoisotopic (exact) mass is 332 g/mol. The fraction of sp³-hybridized carbons (Fsp3) is 0.467. The van der Waals surface area contributed by atoms with Gasteiger partial charge in [-0.2, -0.15) is 0 Å². The molecule has 1 saturated heterocycles. The second-order valence-corrected chi connectivity index (χ2v) is 6.48. The molecule has 1 aliphatic heterocycles. The van der Waals surface area contributed by atoms with Crippen LogP contribution in [0.25, 0.3) is 0 Å². The van der Waals surface area contributed by atoms with E-state index in [2.05, 4.69) is 25.8 Å². The van der Waals surface area contributed by atoms with Crippen LogP contribution in [0.15, 0.2) is 28.5 Å². The van der Waals surface area contributed by atoms with E-state index >= 15 is 0 Å². The fourth-order valence-corrected chi connectivity index (χ4v) is 3.49. The van der Waals surface area contributed by atoms with Crippen LogP contribution in [0, 0.1) is 0 Å². The molecular formula is C15H20N6OS. The van der Waals surface area contributed by atoms with Gasteiger partial charge in [0.1, 0.15) is 10.9 Å². The summed E-state index contributed by atoms with van der Waals surface area (Å²) >= 11 is 1.42. The van der Waals surface area contributed by atoms with Crippen LogP contribution in [0.1, 0.15) is 34.9 Å². The minimum absolute atomic E-state index is 0.123. The van der Waals surface area contributed by atoms with Crippen molar-refractivity contribution in [2.24, 2.45) is 7.05 Å². The lowest BCUT2D eigenvalue weighted by Crippen LogP contribution is -2.27. The predicted octanol–water partition coefficient (Wildman–Crippen LogP) is 1.19. The minimum Gasteiger partial charge on any atom is -0.355 e. The molecule has 2 N–H and O–H groups in total. The van der Waals surface area contributed by atoms with Gasteiger partial charge in [-0.25, -0.2) is 4.98 Å². The molecular weight excluding hydrogens is 312 g/mol. The fourth-order valence-electron chi connectivity index (χ4n) is 2.70. The summed E-state index contributed by atoms with van der Waals surface area (Å²) in [6.45, 7) is 2.05. The number of rotatable bonds is 4. The van der Waals surface area contributed by atoms with Gasteiger partial charge >= 0.3 is 0 Å². The summed E-state index contributed by atoms with van der Waals surface area (Å²) in [6.07, 6.45) is 3.80. The third kappa shape index (κ3) is 3.53. The van der Waals surface area contributed by atoms with Gasteiger partial charge in [0.25, 0.3) is 5.91 Å². The molecule has 7 nitrogen and oxygen atoms in total. The molecule has 3 rings (SSSR count). The van der Waals surface area contributed by atoms with Gasteiger partial charge in [-0.3, -0.25) is 4.79 Å². The summed E-state index contributed by atoms with van der Waals surface area (Å²) in [5, 5.41) is 16.2. The third-order valence-electron chi connectivity index (χ3n) is 3.99. The van der Waals surface area contributed by atoms with Crippen molar-refractivity contribution in [3.8, 4) is 0 Å². The van der Waals surface area contributed by atoms with E-state index in [0.29, 0.717) is 11.5 Å². The molecule has 0 aromatic carbocycles. The van der Waals surface area contributed by atoms with Gasteiger partial charge in [0.05, 0.1) is 0 Å². The summed E-state index contributed by atoms with van der Waals surface area (Å²) in [5.74, 6) is 1.35. The largest absolute Gasteiger partial charge is 0.355 e. The van der Waals surface area contributed by atoms with Gasteiger partial charge in [-0.1, -0.05) is 0 Å². The van der Waals surface area contributed by atoms with Crippen molar-refractivity contribution in [2.75, 3.05) is 20.1 Å². The molecule has 1 fully saturated rings. The number of pyridine rings is 1. The van der Waals surface area contributed by atoms with E-state index in [1.807, 2.05) is 11.6 Å². The second kappa shape index (κ2) is 7.10. The first kappa shape index (κ1) is 15.9. The summed E-state index contributed by atoms with van der Waals surface area (Å²) in [6, 6.07) is 3.46. The molecule has 0 radical (unpaired) electrons.